The summed E-state index contributed by atoms with van der Waals surface area (Å²) in [5, 5.41) is 9.02. The molecule has 1 aliphatic heterocycles. The number of nitrogens with zero attached hydrogens (tertiary/aromatic N) is 2. The number of hydrogen-bond acceptors (Lipinski definition) is 4. The predicted molar refractivity (Wildman–Crippen MR) is 94.7 cm³/mol. The van der Waals surface area contributed by atoms with Crippen molar-refractivity contribution in [3.63, 3.8) is 0 Å². The number of nitrogens with one attached hydrogen (secondary N) is 1. The Labute approximate surface area is 147 Å². The monoisotopic (exact) mass is 343 g/mol. The number of morpholine rings is 1. The van der Waals surface area contributed by atoms with E-state index in [-0.39, 0.29) is 11.5 Å². The van der Waals surface area contributed by atoms with Gasteiger partial charge in [-0.1, -0.05) is 32.9 Å². The van der Waals surface area contributed by atoms with Crippen molar-refractivity contribution in [2.75, 3.05) is 19.8 Å². The van der Waals surface area contributed by atoms with Crippen LogP contribution >= 0.6 is 0 Å². The van der Waals surface area contributed by atoms with Crippen LogP contribution in [0.5, 0.6) is 0 Å². The lowest BCUT2D eigenvalue weighted by atomic mass is 9.93. The minimum absolute atomic E-state index is 0.0261. The van der Waals surface area contributed by atoms with Crippen molar-refractivity contribution >= 4 is 5.97 Å². The zero-order valence-corrected chi connectivity index (χ0v) is 15.0. The highest BCUT2D eigenvalue weighted by atomic mass is 16.5. The van der Waals surface area contributed by atoms with Gasteiger partial charge < -0.3 is 14.8 Å². The fraction of sp³-hybridized carbons (Fsp3) is 0.474. The maximum atomic E-state index is 11.0. The lowest BCUT2D eigenvalue weighted by Gasteiger charge is -2.34. The Balaban J connectivity index is 1.77. The number of aromatic amines is 1. The fourth-order valence-electron chi connectivity index (χ4n) is 2.95. The molecule has 1 atom stereocenters. The predicted octanol–water partition coefficient (Wildman–Crippen LogP) is 2.98. The molecule has 1 fully saturated rings. The molecule has 0 aliphatic carbocycles. The summed E-state index contributed by atoms with van der Waals surface area (Å²) >= 11 is 0. The van der Waals surface area contributed by atoms with Crippen LogP contribution < -0.4 is 0 Å². The molecule has 0 amide bonds. The maximum absolute atomic E-state index is 11.0. The fourth-order valence-corrected chi connectivity index (χ4v) is 2.95. The Morgan fingerprint density at radius 1 is 1.36 bits per heavy atom. The molecular formula is C19H25N3O3. The molecule has 6 heteroatoms. The van der Waals surface area contributed by atoms with Gasteiger partial charge >= 0.3 is 5.97 Å². The van der Waals surface area contributed by atoms with Gasteiger partial charge in [0, 0.05) is 30.4 Å². The van der Waals surface area contributed by atoms with Gasteiger partial charge in [-0.25, -0.2) is 9.78 Å². The molecule has 3 rings (SSSR count). The number of imidazole rings is 1. The van der Waals surface area contributed by atoms with Crippen LogP contribution in [0.1, 0.15) is 54.3 Å². The smallest absolute Gasteiger partial charge is 0.335 e. The molecule has 1 aromatic carbocycles. The van der Waals surface area contributed by atoms with Crippen LogP contribution in [0.3, 0.4) is 0 Å². The second-order valence-corrected chi connectivity index (χ2v) is 7.50. The first kappa shape index (κ1) is 17.6. The molecule has 6 nitrogen and oxygen atoms in total. The van der Waals surface area contributed by atoms with Gasteiger partial charge in [0.25, 0.3) is 0 Å². The third kappa shape index (κ3) is 4.08. The van der Waals surface area contributed by atoms with Gasteiger partial charge in [-0.3, -0.25) is 4.90 Å². The molecule has 2 N–H and O–H groups in total. The summed E-state index contributed by atoms with van der Waals surface area (Å²) < 4.78 is 5.67. The van der Waals surface area contributed by atoms with E-state index in [0.29, 0.717) is 18.8 Å². The second-order valence-electron chi connectivity index (χ2n) is 7.50. The first-order chi connectivity index (χ1) is 11.8. The molecule has 1 saturated heterocycles. The van der Waals surface area contributed by atoms with Crippen molar-refractivity contribution in [1.82, 2.24) is 14.9 Å². The molecule has 2 heterocycles. The number of ether oxygens (including phenoxy) is 1. The molecule has 2 aromatic rings. The van der Waals surface area contributed by atoms with Gasteiger partial charge in [0.2, 0.25) is 0 Å². The molecule has 1 aromatic heterocycles. The summed E-state index contributed by atoms with van der Waals surface area (Å²) in [6.45, 7) is 9.31. The normalized spacial score (nSPS) is 19.1. The summed E-state index contributed by atoms with van der Waals surface area (Å²) in [6, 6.07) is 7.12. The maximum Gasteiger partial charge on any atom is 0.335 e. The first-order valence-corrected chi connectivity index (χ1v) is 8.54. The molecule has 0 bridgehead atoms. The molecule has 134 valence electrons. The van der Waals surface area contributed by atoms with E-state index in [0.717, 1.165) is 30.2 Å². The SMILES string of the molecule is CC(C)(C)c1cnc([C@@H]2COCCN2Cc2ccc(C(=O)O)cc2)[nH]1. The van der Waals surface area contributed by atoms with E-state index < -0.39 is 5.97 Å². The van der Waals surface area contributed by atoms with Gasteiger partial charge in [-0.05, 0) is 17.7 Å². The first-order valence-electron chi connectivity index (χ1n) is 8.54. The topological polar surface area (TPSA) is 78.4 Å². The highest BCUT2D eigenvalue weighted by molar-refractivity contribution is 5.87. The third-order valence-electron chi connectivity index (χ3n) is 4.55. The number of carboxylic acid groups (broad SMARTS) is 1. The average molecular weight is 343 g/mol. The Kier molecular flexibility index (Phi) is 4.92. The standard InChI is InChI=1S/C19H25N3O3/c1-19(2,3)16-10-20-17(21-16)15-12-25-9-8-22(15)11-13-4-6-14(7-5-13)18(23)24/h4-7,10,15H,8-9,11-12H2,1-3H3,(H,20,21)(H,23,24)/t15-/m0/s1. The minimum Gasteiger partial charge on any atom is -0.478 e. The quantitative estimate of drug-likeness (QED) is 0.892. The number of H-pyrrole nitrogens is 1. The second kappa shape index (κ2) is 6.98. The Hall–Kier alpha value is -2.18. The van der Waals surface area contributed by atoms with Crippen molar-refractivity contribution in [1.29, 1.82) is 0 Å². The molecule has 1 aliphatic rings. The molecular weight excluding hydrogens is 318 g/mol. The van der Waals surface area contributed by atoms with Crippen LogP contribution in [0.2, 0.25) is 0 Å². The van der Waals surface area contributed by atoms with Crippen molar-refractivity contribution in [3.8, 4) is 0 Å². The van der Waals surface area contributed by atoms with Gasteiger partial charge in [-0.2, -0.15) is 0 Å². The number of aromatic nitrogens is 2. The summed E-state index contributed by atoms with van der Waals surface area (Å²) in [5.74, 6) is 0.0212. The number of hydrogen-bond donors (Lipinski definition) is 2. The minimum atomic E-state index is -0.902. The van der Waals surface area contributed by atoms with Crippen molar-refractivity contribution < 1.29 is 14.6 Å². The summed E-state index contributed by atoms with van der Waals surface area (Å²) in [4.78, 5) is 21.3. The van der Waals surface area contributed by atoms with Crippen LogP contribution in [0, 0.1) is 0 Å². The van der Waals surface area contributed by atoms with Crippen LogP contribution in [0.15, 0.2) is 30.5 Å². The van der Waals surface area contributed by atoms with E-state index in [9.17, 15) is 4.79 Å². The Morgan fingerprint density at radius 3 is 2.68 bits per heavy atom. The van der Waals surface area contributed by atoms with Crippen molar-refractivity contribution in [3.05, 3.63) is 53.1 Å². The Morgan fingerprint density at radius 2 is 2.08 bits per heavy atom. The van der Waals surface area contributed by atoms with Crippen LogP contribution in [-0.2, 0) is 16.7 Å². The van der Waals surface area contributed by atoms with E-state index in [2.05, 4.69) is 35.6 Å². The van der Waals surface area contributed by atoms with Crippen LogP contribution in [0.4, 0.5) is 0 Å². The van der Waals surface area contributed by atoms with E-state index in [1.807, 2.05) is 18.3 Å². The number of carboxylic acids is 1. The highest BCUT2D eigenvalue weighted by Gasteiger charge is 2.28. The highest BCUT2D eigenvalue weighted by Crippen LogP contribution is 2.27. The number of benzene rings is 1. The molecule has 0 unspecified atom stereocenters. The molecule has 25 heavy (non-hydrogen) atoms. The zero-order valence-electron chi connectivity index (χ0n) is 15.0. The number of aromatic carboxylic acids is 1. The van der Waals surface area contributed by atoms with Gasteiger partial charge in [-0.15, -0.1) is 0 Å². The third-order valence-corrected chi connectivity index (χ3v) is 4.55. The van der Waals surface area contributed by atoms with Gasteiger partial charge in [0.15, 0.2) is 0 Å². The van der Waals surface area contributed by atoms with Gasteiger partial charge in [0.05, 0.1) is 24.8 Å². The largest absolute Gasteiger partial charge is 0.478 e. The van der Waals surface area contributed by atoms with E-state index in [1.165, 1.54) is 0 Å². The zero-order chi connectivity index (χ0) is 18.0. The van der Waals surface area contributed by atoms with Crippen LogP contribution in [0.25, 0.3) is 0 Å². The number of carbonyl (C=O) groups is 1. The summed E-state index contributed by atoms with van der Waals surface area (Å²) in [5.41, 5.74) is 2.53. The van der Waals surface area contributed by atoms with Crippen LogP contribution in [-0.4, -0.2) is 45.7 Å². The Bertz CT molecular complexity index is 731. The lowest BCUT2D eigenvalue weighted by Crippen LogP contribution is -2.39. The molecule has 0 spiro atoms. The number of rotatable bonds is 4. The molecule has 0 saturated carbocycles. The van der Waals surface area contributed by atoms with Crippen molar-refractivity contribution in [2.45, 2.75) is 38.8 Å². The summed E-state index contributed by atoms with van der Waals surface area (Å²) in [6.07, 6.45) is 1.91. The van der Waals surface area contributed by atoms with Gasteiger partial charge in [0.1, 0.15) is 5.82 Å². The summed E-state index contributed by atoms with van der Waals surface area (Å²) in [7, 11) is 0. The van der Waals surface area contributed by atoms with E-state index in [1.54, 1.807) is 12.1 Å². The lowest BCUT2D eigenvalue weighted by molar-refractivity contribution is -0.0157. The van der Waals surface area contributed by atoms with E-state index >= 15 is 0 Å². The average Bonchev–Trinajstić information content (AvgIpc) is 3.06. The molecule has 0 radical (unpaired) electrons. The van der Waals surface area contributed by atoms with Crippen molar-refractivity contribution in [2.24, 2.45) is 0 Å². The van der Waals surface area contributed by atoms with E-state index in [4.69, 9.17) is 9.84 Å².